The quantitative estimate of drug-likeness (QED) is 0.607. The lowest BCUT2D eigenvalue weighted by molar-refractivity contribution is 0.0262. The molecule has 4 aliphatic rings. The molecule has 1 saturated heterocycles. The van der Waals surface area contributed by atoms with E-state index in [4.69, 9.17) is 4.74 Å². The van der Waals surface area contributed by atoms with E-state index in [0.29, 0.717) is 12.1 Å². The van der Waals surface area contributed by atoms with E-state index in [-0.39, 0.29) is 0 Å². The maximum atomic E-state index is 6.20. The summed E-state index contributed by atoms with van der Waals surface area (Å²) in [7, 11) is 0. The number of anilines is 1. The molecule has 0 radical (unpaired) electrons. The molecule has 3 heteroatoms. The van der Waals surface area contributed by atoms with E-state index in [1.54, 1.807) is 0 Å². The predicted octanol–water partition coefficient (Wildman–Crippen LogP) is 5.63. The van der Waals surface area contributed by atoms with Gasteiger partial charge < -0.3 is 10.1 Å². The second-order valence-electron chi connectivity index (χ2n) is 8.53. The summed E-state index contributed by atoms with van der Waals surface area (Å²) in [5, 5.41) is 5.95. The van der Waals surface area contributed by atoms with Gasteiger partial charge in [0.2, 0.25) is 0 Å². The minimum atomic E-state index is 0.558. The summed E-state index contributed by atoms with van der Waals surface area (Å²) in [6, 6.07) is 23.0. The van der Waals surface area contributed by atoms with Crippen LogP contribution in [0.4, 0.5) is 5.69 Å². The van der Waals surface area contributed by atoms with Crippen LogP contribution in [-0.4, -0.2) is 30.1 Å². The van der Waals surface area contributed by atoms with E-state index in [2.05, 4.69) is 83.0 Å². The van der Waals surface area contributed by atoms with Crippen molar-refractivity contribution in [2.24, 2.45) is 0 Å². The minimum Gasteiger partial charge on any atom is -0.492 e. The van der Waals surface area contributed by atoms with Gasteiger partial charge in [0.25, 0.3) is 0 Å². The largest absolute Gasteiger partial charge is 0.492 e. The normalized spacial score (nSPS) is 22.1. The molecule has 1 fully saturated rings. The number of ether oxygens (including phenoxy) is 1. The average molecular weight is 395 g/mol. The molecule has 0 amide bonds. The SMILES string of the molecule is C1=CNc2cccc(OCCN3C4C=C(c5ccc6ccccc6c5)CC3C4)c2C1. The van der Waals surface area contributed by atoms with Crippen molar-refractivity contribution >= 4 is 22.0 Å². The van der Waals surface area contributed by atoms with Gasteiger partial charge in [0, 0.05) is 29.9 Å². The van der Waals surface area contributed by atoms with Crippen LogP contribution in [-0.2, 0) is 6.42 Å². The van der Waals surface area contributed by atoms with E-state index in [0.717, 1.165) is 31.7 Å². The smallest absolute Gasteiger partial charge is 0.124 e. The van der Waals surface area contributed by atoms with Crippen molar-refractivity contribution in [2.45, 2.75) is 31.3 Å². The molecule has 2 unspecified atom stereocenters. The van der Waals surface area contributed by atoms with Gasteiger partial charge in [-0.2, -0.15) is 0 Å². The fourth-order valence-corrected chi connectivity index (χ4v) is 5.19. The summed E-state index contributed by atoms with van der Waals surface area (Å²) >= 11 is 0. The molecule has 2 atom stereocenters. The van der Waals surface area contributed by atoms with Crippen LogP contribution in [0.5, 0.6) is 5.75 Å². The fraction of sp³-hybridized carbons (Fsp3) is 0.259. The molecular weight excluding hydrogens is 368 g/mol. The van der Waals surface area contributed by atoms with Gasteiger partial charge in [0.05, 0.1) is 0 Å². The molecule has 3 aromatic carbocycles. The zero-order chi connectivity index (χ0) is 19.9. The first-order valence-corrected chi connectivity index (χ1v) is 11.0. The molecule has 1 aliphatic carbocycles. The Hall–Kier alpha value is -3.04. The van der Waals surface area contributed by atoms with Gasteiger partial charge in [-0.3, -0.25) is 4.90 Å². The lowest BCUT2D eigenvalue weighted by Gasteiger charge is -2.51. The standard InChI is InChI=1S/C27H26N2O/c1-2-6-20-15-21(11-10-19(20)5-1)22-16-23-18-24(17-22)29(23)13-14-30-27-9-3-8-26-25(27)7-4-12-28-26/h1-6,8-12,15-16,23-24,28H,7,13-14,17-18H2. The van der Waals surface area contributed by atoms with Crippen LogP contribution in [0.1, 0.15) is 24.0 Å². The van der Waals surface area contributed by atoms with Crippen molar-refractivity contribution in [1.82, 2.24) is 4.90 Å². The van der Waals surface area contributed by atoms with E-state index in [9.17, 15) is 0 Å². The first-order valence-electron chi connectivity index (χ1n) is 11.0. The average Bonchev–Trinajstić information content (AvgIpc) is 2.81. The third kappa shape index (κ3) is 3.10. The van der Waals surface area contributed by atoms with Crippen LogP contribution < -0.4 is 10.1 Å². The van der Waals surface area contributed by atoms with Crippen molar-refractivity contribution in [1.29, 1.82) is 0 Å². The van der Waals surface area contributed by atoms with Crippen molar-refractivity contribution in [3.8, 4) is 5.75 Å². The van der Waals surface area contributed by atoms with Gasteiger partial charge in [0.15, 0.2) is 0 Å². The molecular formula is C27H26N2O. The van der Waals surface area contributed by atoms with E-state index >= 15 is 0 Å². The molecule has 0 spiro atoms. The first-order chi connectivity index (χ1) is 14.8. The molecule has 30 heavy (non-hydrogen) atoms. The van der Waals surface area contributed by atoms with E-state index in [1.807, 2.05) is 6.20 Å². The van der Waals surface area contributed by atoms with Crippen LogP contribution in [0.15, 0.2) is 79.0 Å². The van der Waals surface area contributed by atoms with Crippen LogP contribution >= 0.6 is 0 Å². The maximum absolute atomic E-state index is 6.20. The van der Waals surface area contributed by atoms with Crippen molar-refractivity contribution in [3.63, 3.8) is 0 Å². The van der Waals surface area contributed by atoms with Crippen LogP contribution in [0.3, 0.4) is 0 Å². The highest BCUT2D eigenvalue weighted by Crippen LogP contribution is 2.41. The molecule has 1 N–H and O–H groups in total. The zero-order valence-corrected chi connectivity index (χ0v) is 17.1. The Balaban J connectivity index is 1.12. The second kappa shape index (κ2) is 7.33. The number of fused-ring (bicyclic) bond motifs is 3. The van der Waals surface area contributed by atoms with E-state index < -0.39 is 0 Å². The first kappa shape index (κ1) is 17.8. The van der Waals surface area contributed by atoms with Gasteiger partial charge in [-0.15, -0.1) is 0 Å². The number of allylic oxidation sites excluding steroid dienone is 1. The molecule has 0 saturated carbocycles. The third-order valence-electron chi connectivity index (χ3n) is 6.80. The van der Waals surface area contributed by atoms with Gasteiger partial charge in [-0.05, 0) is 65.6 Å². The topological polar surface area (TPSA) is 24.5 Å². The van der Waals surface area contributed by atoms with Gasteiger partial charge >= 0.3 is 0 Å². The molecule has 3 nitrogen and oxygen atoms in total. The highest BCUT2D eigenvalue weighted by atomic mass is 16.5. The molecule has 3 heterocycles. The zero-order valence-electron chi connectivity index (χ0n) is 17.1. The van der Waals surface area contributed by atoms with Crippen molar-refractivity contribution in [2.75, 3.05) is 18.5 Å². The number of nitrogens with zero attached hydrogens (tertiary/aromatic N) is 1. The Kier molecular flexibility index (Phi) is 4.35. The predicted molar refractivity (Wildman–Crippen MR) is 124 cm³/mol. The second-order valence-corrected chi connectivity index (χ2v) is 8.53. The Morgan fingerprint density at radius 1 is 1.00 bits per heavy atom. The summed E-state index contributed by atoms with van der Waals surface area (Å²) < 4.78 is 6.20. The maximum Gasteiger partial charge on any atom is 0.124 e. The number of rotatable bonds is 5. The molecule has 3 aromatic rings. The Labute approximate surface area is 177 Å². The Morgan fingerprint density at radius 2 is 1.93 bits per heavy atom. The van der Waals surface area contributed by atoms with Crippen LogP contribution in [0.25, 0.3) is 16.3 Å². The van der Waals surface area contributed by atoms with Crippen LogP contribution in [0.2, 0.25) is 0 Å². The summed E-state index contributed by atoms with van der Waals surface area (Å²) in [4.78, 5) is 2.61. The molecule has 0 aromatic heterocycles. The van der Waals surface area contributed by atoms with Gasteiger partial charge in [-0.25, -0.2) is 0 Å². The third-order valence-corrected chi connectivity index (χ3v) is 6.80. The summed E-state index contributed by atoms with van der Waals surface area (Å²) in [6.45, 7) is 1.73. The van der Waals surface area contributed by atoms with E-state index in [1.165, 1.54) is 39.6 Å². The van der Waals surface area contributed by atoms with Crippen molar-refractivity contribution in [3.05, 3.63) is 90.1 Å². The molecule has 150 valence electrons. The lowest BCUT2D eigenvalue weighted by atomic mass is 9.78. The molecule has 2 bridgehead atoms. The Bertz CT molecular complexity index is 1160. The summed E-state index contributed by atoms with van der Waals surface area (Å²) in [6.07, 6.45) is 10.0. The number of benzene rings is 3. The van der Waals surface area contributed by atoms with Gasteiger partial charge in [0.1, 0.15) is 12.4 Å². The number of hydrogen-bond acceptors (Lipinski definition) is 3. The molecule has 3 aliphatic heterocycles. The molecule has 7 rings (SSSR count). The summed E-state index contributed by atoms with van der Waals surface area (Å²) in [5.41, 5.74) is 5.32. The minimum absolute atomic E-state index is 0.558. The number of nitrogens with one attached hydrogen (secondary N) is 1. The highest BCUT2D eigenvalue weighted by molar-refractivity contribution is 5.86. The van der Waals surface area contributed by atoms with Gasteiger partial charge in [-0.1, -0.05) is 54.6 Å². The highest BCUT2D eigenvalue weighted by Gasteiger charge is 2.40. The van der Waals surface area contributed by atoms with Crippen molar-refractivity contribution < 1.29 is 4.74 Å². The summed E-state index contributed by atoms with van der Waals surface area (Å²) in [5.74, 6) is 1.02. The monoisotopic (exact) mass is 394 g/mol. The van der Waals surface area contributed by atoms with Crippen LogP contribution in [0, 0.1) is 0 Å². The Morgan fingerprint density at radius 3 is 2.83 bits per heavy atom. The lowest BCUT2D eigenvalue weighted by Crippen LogP contribution is -2.58. The number of hydrogen-bond donors (Lipinski definition) is 1. The fourth-order valence-electron chi connectivity index (χ4n) is 5.19.